The minimum absolute atomic E-state index is 0.125. The van der Waals surface area contributed by atoms with Crippen LogP contribution >= 0.6 is 23.4 Å². The smallest absolute Gasteiger partial charge is 0.237 e. The zero-order valence-electron chi connectivity index (χ0n) is 19.9. The molecule has 3 aromatic rings. The highest BCUT2D eigenvalue weighted by atomic mass is 35.5. The first-order chi connectivity index (χ1) is 16.1. The number of anilines is 1. The number of methoxy groups -OCH3 is 1. The Morgan fingerprint density at radius 2 is 1.94 bits per heavy atom. The van der Waals surface area contributed by atoms with Gasteiger partial charge in [0.25, 0.3) is 0 Å². The van der Waals surface area contributed by atoms with Crippen molar-refractivity contribution in [1.29, 1.82) is 0 Å². The van der Waals surface area contributed by atoms with E-state index in [1.807, 2.05) is 50.2 Å². The maximum Gasteiger partial charge on any atom is 0.237 e. The zero-order chi connectivity index (χ0) is 24.5. The molecule has 4 rings (SSSR count). The van der Waals surface area contributed by atoms with Gasteiger partial charge in [0.05, 0.1) is 30.3 Å². The van der Waals surface area contributed by atoms with Crippen molar-refractivity contribution in [3.8, 4) is 17.1 Å². The number of thioether (sulfide) groups is 1. The van der Waals surface area contributed by atoms with Crippen LogP contribution in [0.15, 0.2) is 47.5 Å². The molecule has 1 amide bonds. The van der Waals surface area contributed by atoms with E-state index in [2.05, 4.69) is 19.2 Å². The minimum Gasteiger partial charge on any atom is -0.497 e. The van der Waals surface area contributed by atoms with E-state index in [1.165, 1.54) is 11.8 Å². The van der Waals surface area contributed by atoms with Crippen LogP contribution in [0.2, 0.25) is 5.02 Å². The third-order valence-electron chi connectivity index (χ3n) is 5.70. The van der Waals surface area contributed by atoms with Crippen LogP contribution in [0.25, 0.3) is 11.4 Å². The van der Waals surface area contributed by atoms with Crippen molar-refractivity contribution in [2.45, 2.75) is 56.6 Å². The summed E-state index contributed by atoms with van der Waals surface area (Å²) in [6, 6.07) is 13.2. The number of nitrogens with one attached hydrogen (secondary N) is 1. The van der Waals surface area contributed by atoms with Gasteiger partial charge in [-0.25, -0.2) is 9.97 Å². The molecule has 0 saturated carbocycles. The molecule has 1 N–H and O–H groups in total. The number of carbonyl (C=O) groups is 1. The number of rotatable bonds is 6. The molecule has 0 radical (unpaired) electrons. The Hall–Kier alpha value is -2.61. The molecule has 0 fully saturated rings. The maximum absolute atomic E-state index is 12.9. The van der Waals surface area contributed by atoms with Gasteiger partial charge in [0.2, 0.25) is 5.91 Å². The minimum atomic E-state index is -0.391. The van der Waals surface area contributed by atoms with Crippen LogP contribution in [0.1, 0.15) is 37.6 Å². The predicted molar refractivity (Wildman–Crippen MR) is 137 cm³/mol. The lowest BCUT2D eigenvalue weighted by atomic mass is 9.96. The number of aryl methyl sites for hydroxylation is 1. The molecule has 6 nitrogen and oxygen atoms in total. The predicted octanol–water partition coefficient (Wildman–Crippen LogP) is 6.08. The molecule has 178 valence electrons. The van der Waals surface area contributed by atoms with Crippen molar-refractivity contribution in [1.82, 2.24) is 9.97 Å². The van der Waals surface area contributed by atoms with E-state index in [0.717, 1.165) is 33.2 Å². The number of halogens is 1. The average Bonchev–Trinajstić information content (AvgIpc) is 2.80. The summed E-state index contributed by atoms with van der Waals surface area (Å²) in [5.74, 6) is 1.27. The second-order valence-corrected chi connectivity index (χ2v) is 10.7. The van der Waals surface area contributed by atoms with Crippen molar-refractivity contribution in [2.75, 3.05) is 12.4 Å². The standard InChI is InChI=1S/C26H28ClN3O3S/c1-15-6-9-18(12-21(15)27)28-24(31)16(2)34-25-20-14-33-26(3,4)13-22(20)29-23(30-25)17-7-10-19(32-5)11-8-17/h6-12,16H,13-14H2,1-5H3,(H,28,31)/t16-/m1/s1. The highest BCUT2D eigenvalue weighted by Crippen LogP contribution is 2.36. The molecular weight excluding hydrogens is 470 g/mol. The lowest BCUT2D eigenvalue weighted by Crippen LogP contribution is -2.33. The Balaban J connectivity index is 1.62. The van der Waals surface area contributed by atoms with Gasteiger partial charge in [-0.1, -0.05) is 29.4 Å². The van der Waals surface area contributed by atoms with Crippen LogP contribution in [-0.4, -0.2) is 33.8 Å². The maximum atomic E-state index is 12.9. The number of hydrogen-bond acceptors (Lipinski definition) is 6. The highest BCUT2D eigenvalue weighted by Gasteiger charge is 2.31. The first-order valence-electron chi connectivity index (χ1n) is 11.1. The van der Waals surface area contributed by atoms with Crippen LogP contribution in [0.3, 0.4) is 0 Å². The van der Waals surface area contributed by atoms with Crippen molar-refractivity contribution in [2.24, 2.45) is 0 Å². The largest absolute Gasteiger partial charge is 0.497 e. The van der Waals surface area contributed by atoms with Crippen LogP contribution < -0.4 is 10.1 Å². The molecule has 2 aromatic carbocycles. The summed E-state index contributed by atoms with van der Waals surface area (Å²) in [6.45, 7) is 8.32. The SMILES string of the molecule is COc1ccc(-c2nc3c(c(S[C@H](C)C(=O)Nc4ccc(C)c(Cl)c4)n2)COC(C)(C)C3)cc1. The van der Waals surface area contributed by atoms with E-state index < -0.39 is 5.25 Å². The van der Waals surface area contributed by atoms with Gasteiger partial charge in [-0.2, -0.15) is 0 Å². The first-order valence-corrected chi connectivity index (χ1v) is 12.3. The van der Waals surface area contributed by atoms with Crippen LogP contribution in [0.5, 0.6) is 5.75 Å². The molecule has 1 aromatic heterocycles. The van der Waals surface area contributed by atoms with Gasteiger partial charge in [-0.15, -0.1) is 0 Å². The fraction of sp³-hybridized carbons (Fsp3) is 0.346. The third-order valence-corrected chi connectivity index (χ3v) is 7.24. The topological polar surface area (TPSA) is 73.3 Å². The molecule has 34 heavy (non-hydrogen) atoms. The highest BCUT2D eigenvalue weighted by molar-refractivity contribution is 8.00. The summed E-state index contributed by atoms with van der Waals surface area (Å²) in [6.07, 6.45) is 0.671. The quantitative estimate of drug-likeness (QED) is 0.328. The lowest BCUT2D eigenvalue weighted by Gasteiger charge is -2.32. The summed E-state index contributed by atoms with van der Waals surface area (Å²) < 4.78 is 11.3. The second-order valence-electron chi connectivity index (χ2n) is 8.94. The molecule has 0 unspecified atom stereocenters. The van der Waals surface area contributed by atoms with Gasteiger partial charge in [-0.05, 0) is 69.7 Å². The van der Waals surface area contributed by atoms with E-state index in [0.29, 0.717) is 29.6 Å². The average molecular weight is 498 g/mol. The number of aromatic nitrogens is 2. The summed E-state index contributed by atoms with van der Waals surface area (Å²) in [4.78, 5) is 22.7. The molecule has 1 aliphatic heterocycles. The van der Waals surface area contributed by atoms with Crippen molar-refractivity contribution < 1.29 is 14.3 Å². The number of benzene rings is 2. The molecule has 1 atom stereocenters. The molecule has 0 spiro atoms. The number of fused-ring (bicyclic) bond motifs is 1. The Morgan fingerprint density at radius 3 is 2.62 bits per heavy atom. The molecule has 2 heterocycles. The molecular formula is C26H28ClN3O3S. The molecule has 1 aliphatic rings. The van der Waals surface area contributed by atoms with Crippen LogP contribution in [0, 0.1) is 6.92 Å². The summed E-state index contributed by atoms with van der Waals surface area (Å²) >= 11 is 7.62. The van der Waals surface area contributed by atoms with Crippen molar-refractivity contribution in [3.05, 3.63) is 64.3 Å². The van der Waals surface area contributed by atoms with Gasteiger partial charge >= 0.3 is 0 Å². The zero-order valence-corrected chi connectivity index (χ0v) is 21.5. The van der Waals surface area contributed by atoms with Gasteiger partial charge in [0.1, 0.15) is 10.8 Å². The van der Waals surface area contributed by atoms with Gasteiger partial charge in [-0.3, -0.25) is 4.79 Å². The van der Waals surface area contributed by atoms with Crippen LogP contribution in [0.4, 0.5) is 5.69 Å². The van der Waals surface area contributed by atoms with Gasteiger partial charge in [0, 0.05) is 28.3 Å². The number of amides is 1. The molecule has 8 heteroatoms. The monoisotopic (exact) mass is 497 g/mol. The van der Waals surface area contributed by atoms with E-state index in [1.54, 1.807) is 13.2 Å². The molecule has 0 bridgehead atoms. The molecule has 0 saturated heterocycles. The number of carbonyl (C=O) groups excluding carboxylic acids is 1. The Labute approximate surface area is 209 Å². The Morgan fingerprint density at radius 1 is 1.21 bits per heavy atom. The number of nitrogens with zero attached hydrogens (tertiary/aromatic N) is 2. The number of hydrogen-bond donors (Lipinski definition) is 1. The Kier molecular flexibility index (Phi) is 7.17. The molecule has 0 aliphatic carbocycles. The lowest BCUT2D eigenvalue weighted by molar-refractivity contribution is -0.115. The number of ether oxygens (including phenoxy) is 2. The fourth-order valence-electron chi connectivity index (χ4n) is 3.62. The van der Waals surface area contributed by atoms with Crippen molar-refractivity contribution >= 4 is 35.0 Å². The Bertz CT molecular complexity index is 1210. The third kappa shape index (κ3) is 5.54. The first kappa shape index (κ1) is 24.5. The van der Waals surface area contributed by atoms with E-state index in [4.69, 9.17) is 31.0 Å². The summed E-state index contributed by atoms with van der Waals surface area (Å²) in [7, 11) is 1.64. The second kappa shape index (κ2) is 9.94. The van der Waals surface area contributed by atoms with E-state index in [-0.39, 0.29) is 11.5 Å². The summed E-state index contributed by atoms with van der Waals surface area (Å²) in [5, 5.41) is 3.94. The van der Waals surface area contributed by atoms with E-state index >= 15 is 0 Å². The van der Waals surface area contributed by atoms with Crippen molar-refractivity contribution in [3.63, 3.8) is 0 Å². The van der Waals surface area contributed by atoms with Gasteiger partial charge in [0.15, 0.2) is 5.82 Å². The normalized spacial score (nSPS) is 15.4. The van der Waals surface area contributed by atoms with E-state index in [9.17, 15) is 4.79 Å². The fourth-order valence-corrected chi connectivity index (χ4v) is 4.76. The summed E-state index contributed by atoms with van der Waals surface area (Å²) in [5.41, 5.74) is 4.11. The van der Waals surface area contributed by atoms with Gasteiger partial charge < -0.3 is 14.8 Å². The van der Waals surface area contributed by atoms with Crippen LogP contribution in [-0.2, 0) is 22.6 Å².